The van der Waals surface area contributed by atoms with Gasteiger partial charge in [-0.3, -0.25) is 4.79 Å². The van der Waals surface area contributed by atoms with Crippen molar-refractivity contribution in [2.24, 2.45) is 5.92 Å². The van der Waals surface area contributed by atoms with E-state index in [1.54, 1.807) is 30.5 Å². The molecule has 0 aliphatic carbocycles. The lowest BCUT2D eigenvalue weighted by atomic mass is 9.96. The molecule has 0 atom stereocenters. The van der Waals surface area contributed by atoms with Gasteiger partial charge in [0.15, 0.2) is 9.84 Å². The molecule has 6 nitrogen and oxygen atoms in total. The van der Waals surface area contributed by atoms with Gasteiger partial charge in [0.1, 0.15) is 5.82 Å². The molecule has 150 valence electrons. The molecule has 1 saturated heterocycles. The number of pyridine rings is 1. The average Bonchev–Trinajstić information content (AvgIpc) is 2.69. The number of hydrogen-bond acceptors (Lipinski definition) is 5. The van der Waals surface area contributed by atoms with Crippen LogP contribution in [0.5, 0.6) is 0 Å². The molecule has 1 aliphatic rings. The Morgan fingerprint density at radius 2 is 1.89 bits per heavy atom. The molecule has 2 aromatic rings. The van der Waals surface area contributed by atoms with Crippen molar-refractivity contribution in [1.29, 1.82) is 0 Å². The van der Waals surface area contributed by atoms with Crippen LogP contribution in [0.3, 0.4) is 0 Å². The lowest BCUT2D eigenvalue weighted by Gasteiger charge is -2.31. The second kappa shape index (κ2) is 9.30. The Kier molecular flexibility index (Phi) is 6.80. The third-order valence-corrected chi connectivity index (χ3v) is 6.93. The van der Waals surface area contributed by atoms with Gasteiger partial charge in [-0.05, 0) is 75.6 Å². The molecule has 0 unspecified atom stereocenters. The van der Waals surface area contributed by atoms with Gasteiger partial charge >= 0.3 is 0 Å². The van der Waals surface area contributed by atoms with Crippen LogP contribution < -0.4 is 5.32 Å². The summed E-state index contributed by atoms with van der Waals surface area (Å²) in [6.45, 7) is 4.32. The molecule has 0 radical (unpaired) electrons. The number of rotatable bonds is 7. The van der Waals surface area contributed by atoms with E-state index in [9.17, 15) is 13.2 Å². The largest absolute Gasteiger partial charge is 0.310 e. The Labute approximate surface area is 166 Å². The van der Waals surface area contributed by atoms with E-state index in [2.05, 4.69) is 15.2 Å². The molecule has 1 amide bonds. The number of nitrogens with one attached hydrogen (secondary N) is 1. The van der Waals surface area contributed by atoms with Crippen molar-refractivity contribution < 1.29 is 13.2 Å². The van der Waals surface area contributed by atoms with Crippen molar-refractivity contribution in [2.75, 3.05) is 30.7 Å². The average molecular weight is 402 g/mol. The van der Waals surface area contributed by atoms with Crippen LogP contribution in [0.4, 0.5) is 5.82 Å². The number of nitrogens with zero attached hydrogens (tertiary/aromatic N) is 2. The van der Waals surface area contributed by atoms with E-state index in [-0.39, 0.29) is 17.6 Å². The van der Waals surface area contributed by atoms with E-state index in [0.29, 0.717) is 17.1 Å². The zero-order valence-corrected chi connectivity index (χ0v) is 17.0. The van der Waals surface area contributed by atoms with Crippen LogP contribution >= 0.6 is 0 Å². The van der Waals surface area contributed by atoms with Crippen molar-refractivity contribution in [3.05, 3.63) is 54.2 Å². The Balaban J connectivity index is 1.41. The first-order valence-electron chi connectivity index (χ1n) is 9.68. The summed E-state index contributed by atoms with van der Waals surface area (Å²) in [5.74, 6) is 0.741. The third kappa shape index (κ3) is 5.62. The second-order valence-corrected chi connectivity index (χ2v) is 9.42. The summed E-state index contributed by atoms with van der Waals surface area (Å²) in [6, 6.07) is 12.3. The third-order valence-electron chi connectivity index (χ3n) is 5.11. The fraction of sp³-hybridized carbons (Fsp3) is 0.429. The molecule has 0 spiro atoms. The molecule has 0 bridgehead atoms. The molecule has 1 aromatic heterocycles. The van der Waals surface area contributed by atoms with Crippen LogP contribution in [0.1, 0.15) is 24.8 Å². The maximum absolute atomic E-state index is 12.4. The summed E-state index contributed by atoms with van der Waals surface area (Å²) in [7, 11) is -3.22. The number of likely N-dealkylation sites (tertiary alicyclic amines) is 1. The van der Waals surface area contributed by atoms with Crippen molar-refractivity contribution in [2.45, 2.75) is 31.1 Å². The SMILES string of the molecule is Cc1ccnc(NC(=O)C2CCN(CCCS(=O)(=O)c3ccccc3)CC2)c1. The maximum Gasteiger partial charge on any atom is 0.228 e. The van der Waals surface area contributed by atoms with Gasteiger partial charge in [-0.15, -0.1) is 0 Å². The summed E-state index contributed by atoms with van der Waals surface area (Å²) in [5.41, 5.74) is 1.06. The van der Waals surface area contributed by atoms with E-state index in [1.807, 2.05) is 25.1 Å². The molecular formula is C21H27N3O3S. The highest BCUT2D eigenvalue weighted by Crippen LogP contribution is 2.20. The van der Waals surface area contributed by atoms with Crippen LogP contribution in [-0.2, 0) is 14.6 Å². The number of aryl methyl sites for hydroxylation is 1. The second-order valence-electron chi connectivity index (χ2n) is 7.31. The van der Waals surface area contributed by atoms with Crippen LogP contribution in [0, 0.1) is 12.8 Å². The summed E-state index contributed by atoms with van der Waals surface area (Å²) in [4.78, 5) is 19.2. The van der Waals surface area contributed by atoms with Crippen LogP contribution in [-0.4, -0.2) is 49.6 Å². The highest BCUT2D eigenvalue weighted by Gasteiger charge is 2.25. The number of piperidine rings is 1. The van der Waals surface area contributed by atoms with Gasteiger partial charge in [0, 0.05) is 12.1 Å². The van der Waals surface area contributed by atoms with E-state index >= 15 is 0 Å². The van der Waals surface area contributed by atoms with Crippen molar-refractivity contribution >= 4 is 21.6 Å². The minimum atomic E-state index is -3.22. The van der Waals surface area contributed by atoms with E-state index in [1.165, 1.54) is 0 Å². The Morgan fingerprint density at radius 1 is 1.18 bits per heavy atom. The standard InChI is InChI=1S/C21H27N3O3S/c1-17-8-11-22-20(16-17)23-21(25)18-9-13-24(14-10-18)12-5-15-28(26,27)19-6-3-2-4-7-19/h2-4,6-8,11,16,18H,5,9-10,12-15H2,1H3,(H,22,23,25). The van der Waals surface area contributed by atoms with E-state index in [4.69, 9.17) is 0 Å². The van der Waals surface area contributed by atoms with Crippen LogP contribution in [0.15, 0.2) is 53.6 Å². The van der Waals surface area contributed by atoms with Gasteiger partial charge in [0.05, 0.1) is 10.6 Å². The Morgan fingerprint density at radius 3 is 2.57 bits per heavy atom. The fourth-order valence-corrected chi connectivity index (χ4v) is 4.79. The summed E-state index contributed by atoms with van der Waals surface area (Å²) >= 11 is 0. The zero-order chi connectivity index (χ0) is 20.0. The maximum atomic E-state index is 12.4. The van der Waals surface area contributed by atoms with Gasteiger partial charge in [-0.25, -0.2) is 13.4 Å². The number of anilines is 1. The molecule has 0 saturated carbocycles. The normalized spacial score (nSPS) is 16.0. The Hall–Kier alpha value is -2.25. The van der Waals surface area contributed by atoms with Gasteiger partial charge in [-0.2, -0.15) is 0 Å². The topological polar surface area (TPSA) is 79.4 Å². The molecule has 1 N–H and O–H groups in total. The molecular weight excluding hydrogens is 374 g/mol. The molecule has 1 aliphatic heterocycles. The number of hydrogen-bond donors (Lipinski definition) is 1. The van der Waals surface area contributed by atoms with Gasteiger partial charge in [0.2, 0.25) is 5.91 Å². The van der Waals surface area contributed by atoms with Crippen LogP contribution in [0.2, 0.25) is 0 Å². The summed E-state index contributed by atoms with van der Waals surface area (Å²) in [5, 5.41) is 2.90. The summed E-state index contributed by atoms with van der Waals surface area (Å²) in [6.07, 6.45) is 3.85. The first-order chi connectivity index (χ1) is 13.4. The van der Waals surface area contributed by atoms with Crippen molar-refractivity contribution in [3.63, 3.8) is 0 Å². The first kappa shape index (κ1) is 20.5. The molecule has 1 aromatic carbocycles. The number of amides is 1. The molecule has 28 heavy (non-hydrogen) atoms. The molecule has 2 heterocycles. The quantitative estimate of drug-likeness (QED) is 0.772. The lowest BCUT2D eigenvalue weighted by molar-refractivity contribution is -0.121. The number of aromatic nitrogens is 1. The molecule has 7 heteroatoms. The minimum absolute atomic E-state index is 0.0180. The number of carbonyl (C=O) groups is 1. The minimum Gasteiger partial charge on any atom is -0.310 e. The number of benzene rings is 1. The van der Waals surface area contributed by atoms with Crippen molar-refractivity contribution in [1.82, 2.24) is 9.88 Å². The van der Waals surface area contributed by atoms with Crippen molar-refractivity contribution in [3.8, 4) is 0 Å². The molecule has 1 fully saturated rings. The number of carbonyl (C=O) groups excluding carboxylic acids is 1. The lowest BCUT2D eigenvalue weighted by Crippen LogP contribution is -2.39. The smallest absolute Gasteiger partial charge is 0.228 e. The monoisotopic (exact) mass is 401 g/mol. The first-order valence-corrected chi connectivity index (χ1v) is 11.3. The van der Waals surface area contributed by atoms with Gasteiger partial charge in [0.25, 0.3) is 0 Å². The summed E-state index contributed by atoms with van der Waals surface area (Å²) < 4.78 is 24.7. The van der Waals surface area contributed by atoms with E-state index < -0.39 is 9.84 Å². The highest BCUT2D eigenvalue weighted by atomic mass is 32.2. The predicted octanol–water partition coefficient (Wildman–Crippen LogP) is 2.90. The van der Waals surface area contributed by atoms with Gasteiger partial charge in [-0.1, -0.05) is 18.2 Å². The Bertz CT molecular complexity index is 892. The van der Waals surface area contributed by atoms with E-state index in [0.717, 1.165) is 38.0 Å². The zero-order valence-electron chi connectivity index (χ0n) is 16.2. The highest BCUT2D eigenvalue weighted by molar-refractivity contribution is 7.91. The number of sulfone groups is 1. The van der Waals surface area contributed by atoms with Gasteiger partial charge < -0.3 is 10.2 Å². The predicted molar refractivity (Wildman–Crippen MR) is 110 cm³/mol. The fourth-order valence-electron chi connectivity index (χ4n) is 3.48. The molecule has 3 rings (SSSR count). The van der Waals surface area contributed by atoms with Crippen LogP contribution in [0.25, 0.3) is 0 Å².